The van der Waals surface area contributed by atoms with Crippen LogP contribution in [0.5, 0.6) is 0 Å². The molecule has 0 aliphatic heterocycles. The van der Waals surface area contributed by atoms with Crippen LogP contribution in [0, 0.1) is 11.3 Å². The molecule has 4 aromatic rings. The Bertz CT molecular complexity index is 1030. The Morgan fingerprint density at radius 1 is 0.960 bits per heavy atom. The average Bonchev–Trinajstić information content (AvgIpc) is 3.11. The molecule has 1 N–H and O–H groups in total. The first-order valence-electron chi connectivity index (χ1n) is 8.01. The minimum atomic E-state index is 0.682. The van der Waals surface area contributed by atoms with Crippen molar-refractivity contribution in [3.8, 4) is 16.6 Å². The fraction of sp³-hybridized carbons (Fsp3) is 0.0476. The molecule has 0 bridgehead atoms. The van der Waals surface area contributed by atoms with Gasteiger partial charge in [-0.2, -0.15) is 5.26 Å². The lowest BCUT2D eigenvalue weighted by Gasteiger charge is -2.08. The van der Waals surface area contributed by atoms with Gasteiger partial charge in [0.25, 0.3) is 0 Å². The highest BCUT2D eigenvalue weighted by Gasteiger charge is 2.06. The lowest BCUT2D eigenvalue weighted by molar-refractivity contribution is 1.15. The number of nitrogens with zero attached hydrogens (tertiary/aromatic N) is 2. The molecule has 0 unspecified atom stereocenters. The predicted octanol–water partition coefficient (Wildman–Crippen LogP) is 5.45. The topological polar surface area (TPSA) is 48.7 Å². The number of hydrogen-bond donors (Lipinski definition) is 1. The van der Waals surface area contributed by atoms with Crippen LogP contribution in [0.2, 0.25) is 0 Å². The van der Waals surface area contributed by atoms with E-state index in [1.807, 2.05) is 48.5 Å². The maximum Gasteiger partial charge on any atom is 0.124 e. The monoisotopic (exact) mass is 341 g/mol. The third kappa shape index (κ3) is 3.37. The summed E-state index contributed by atoms with van der Waals surface area (Å²) >= 11 is 1.71. The Hall–Kier alpha value is -3.16. The molecule has 4 rings (SSSR count). The molecular formula is C21H15N3S. The summed E-state index contributed by atoms with van der Waals surface area (Å²) in [6.07, 6.45) is 0. The van der Waals surface area contributed by atoms with Gasteiger partial charge in [-0.15, -0.1) is 11.3 Å². The molecule has 3 aromatic carbocycles. The van der Waals surface area contributed by atoms with Crippen molar-refractivity contribution in [1.82, 2.24) is 4.98 Å². The summed E-state index contributed by atoms with van der Waals surface area (Å²) in [7, 11) is 0. The van der Waals surface area contributed by atoms with Gasteiger partial charge >= 0.3 is 0 Å². The highest BCUT2D eigenvalue weighted by Crippen LogP contribution is 2.31. The summed E-state index contributed by atoms with van der Waals surface area (Å²) in [5.41, 5.74) is 5.04. The van der Waals surface area contributed by atoms with E-state index in [0.29, 0.717) is 5.56 Å². The van der Waals surface area contributed by atoms with Crippen LogP contribution in [-0.2, 0) is 6.54 Å². The number of anilines is 1. The number of nitriles is 1. The summed E-state index contributed by atoms with van der Waals surface area (Å²) in [6.45, 7) is 0.717. The molecule has 25 heavy (non-hydrogen) atoms. The van der Waals surface area contributed by atoms with Crippen molar-refractivity contribution in [3.05, 3.63) is 83.9 Å². The molecule has 0 aliphatic rings. The summed E-state index contributed by atoms with van der Waals surface area (Å²) in [5.74, 6) is 0. The number of aromatic nitrogens is 1. The van der Waals surface area contributed by atoms with E-state index in [0.717, 1.165) is 33.9 Å². The summed E-state index contributed by atoms with van der Waals surface area (Å²) < 4.78 is 1.20. The Morgan fingerprint density at radius 3 is 2.60 bits per heavy atom. The van der Waals surface area contributed by atoms with E-state index in [4.69, 9.17) is 10.2 Å². The zero-order chi connectivity index (χ0) is 17.1. The van der Waals surface area contributed by atoms with E-state index in [9.17, 15) is 0 Å². The van der Waals surface area contributed by atoms with Crippen LogP contribution in [0.1, 0.15) is 11.1 Å². The van der Waals surface area contributed by atoms with E-state index in [1.54, 1.807) is 11.3 Å². The number of rotatable bonds is 4. The van der Waals surface area contributed by atoms with Crippen LogP contribution >= 0.6 is 11.3 Å². The molecule has 0 saturated heterocycles. The van der Waals surface area contributed by atoms with Gasteiger partial charge in [0.05, 0.1) is 21.8 Å². The third-order valence-corrected chi connectivity index (χ3v) is 5.07. The van der Waals surface area contributed by atoms with E-state index >= 15 is 0 Å². The van der Waals surface area contributed by atoms with Gasteiger partial charge in [-0.1, -0.05) is 36.4 Å². The first-order chi connectivity index (χ1) is 12.3. The lowest BCUT2D eigenvalue weighted by atomic mass is 10.1. The lowest BCUT2D eigenvalue weighted by Crippen LogP contribution is -1.99. The number of benzene rings is 3. The van der Waals surface area contributed by atoms with Crippen molar-refractivity contribution in [2.75, 3.05) is 5.32 Å². The Labute approximate surface area is 150 Å². The standard InChI is InChI=1S/C21H15N3S/c22-13-15-8-10-16(11-9-15)14-23-18-5-3-4-17(12-18)21-24-19-6-1-2-7-20(19)25-21/h1-12,23H,14H2. The van der Waals surface area contributed by atoms with Crippen molar-refractivity contribution in [2.24, 2.45) is 0 Å². The van der Waals surface area contributed by atoms with Crippen molar-refractivity contribution in [2.45, 2.75) is 6.54 Å². The fourth-order valence-corrected chi connectivity index (χ4v) is 3.62. The number of para-hydroxylation sites is 1. The molecule has 0 aliphatic carbocycles. The average molecular weight is 341 g/mol. The minimum absolute atomic E-state index is 0.682. The smallest absolute Gasteiger partial charge is 0.124 e. The molecule has 0 saturated carbocycles. The van der Waals surface area contributed by atoms with Crippen LogP contribution < -0.4 is 5.32 Å². The molecule has 120 valence electrons. The van der Waals surface area contributed by atoms with Gasteiger partial charge in [-0.25, -0.2) is 4.98 Å². The SMILES string of the molecule is N#Cc1ccc(CNc2cccc(-c3nc4ccccc4s3)c2)cc1. The van der Waals surface area contributed by atoms with E-state index < -0.39 is 0 Å². The van der Waals surface area contributed by atoms with Crippen LogP contribution in [0.3, 0.4) is 0 Å². The summed E-state index contributed by atoms with van der Waals surface area (Å²) in [6, 6.07) is 26.3. The fourth-order valence-electron chi connectivity index (χ4n) is 2.66. The maximum absolute atomic E-state index is 8.86. The van der Waals surface area contributed by atoms with Gasteiger partial charge < -0.3 is 5.32 Å². The number of thiazole rings is 1. The van der Waals surface area contributed by atoms with Crippen molar-refractivity contribution >= 4 is 27.2 Å². The molecule has 0 radical (unpaired) electrons. The van der Waals surface area contributed by atoms with Crippen molar-refractivity contribution in [3.63, 3.8) is 0 Å². The van der Waals surface area contributed by atoms with Crippen LogP contribution in [0.25, 0.3) is 20.8 Å². The zero-order valence-electron chi connectivity index (χ0n) is 13.4. The number of hydrogen-bond acceptors (Lipinski definition) is 4. The minimum Gasteiger partial charge on any atom is -0.381 e. The van der Waals surface area contributed by atoms with E-state index in [-0.39, 0.29) is 0 Å². The molecule has 4 heteroatoms. The normalized spacial score (nSPS) is 10.5. The molecule has 0 amide bonds. The molecule has 0 spiro atoms. The highest BCUT2D eigenvalue weighted by molar-refractivity contribution is 7.21. The highest BCUT2D eigenvalue weighted by atomic mass is 32.1. The first kappa shape index (κ1) is 15.4. The molecule has 0 fully saturated rings. The Kier molecular flexibility index (Phi) is 4.16. The van der Waals surface area contributed by atoms with Gasteiger partial charge in [0.1, 0.15) is 5.01 Å². The second-order valence-corrected chi connectivity index (χ2v) is 6.76. The molecule has 1 heterocycles. The maximum atomic E-state index is 8.86. The van der Waals surface area contributed by atoms with Crippen LogP contribution in [-0.4, -0.2) is 4.98 Å². The number of nitrogens with one attached hydrogen (secondary N) is 1. The van der Waals surface area contributed by atoms with Crippen LogP contribution in [0.15, 0.2) is 72.8 Å². The largest absolute Gasteiger partial charge is 0.381 e. The molecular weight excluding hydrogens is 326 g/mol. The predicted molar refractivity (Wildman–Crippen MR) is 104 cm³/mol. The summed E-state index contributed by atoms with van der Waals surface area (Å²) in [4.78, 5) is 4.72. The molecule has 1 aromatic heterocycles. The van der Waals surface area contributed by atoms with Crippen LogP contribution in [0.4, 0.5) is 5.69 Å². The second kappa shape index (κ2) is 6.76. The third-order valence-electron chi connectivity index (χ3n) is 3.98. The van der Waals surface area contributed by atoms with Gasteiger partial charge in [-0.3, -0.25) is 0 Å². The van der Waals surface area contributed by atoms with Gasteiger partial charge in [0.2, 0.25) is 0 Å². The van der Waals surface area contributed by atoms with Gasteiger partial charge in [-0.05, 0) is 42.0 Å². The van der Waals surface area contributed by atoms with Crippen molar-refractivity contribution < 1.29 is 0 Å². The molecule has 3 nitrogen and oxygen atoms in total. The van der Waals surface area contributed by atoms with Gasteiger partial charge in [0.15, 0.2) is 0 Å². The zero-order valence-corrected chi connectivity index (χ0v) is 14.3. The Balaban J connectivity index is 1.53. The van der Waals surface area contributed by atoms with Crippen molar-refractivity contribution in [1.29, 1.82) is 5.26 Å². The first-order valence-corrected chi connectivity index (χ1v) is 8.82. The van der Waals surface area contributed by atoms with E-state index in [1.165, 1.54) is 4.70 Å². The molecule has 0 atom stereocenters. The Morgan fingerprint density at radius 2 is 1.80 bits per heavy atom. The number of fused-ring (bicyclic) bond motifs is 1. The van der Waals surface area contributed by atoms with E-state index in [2.05, 4.69) is 35.7 Å². The summed E-state index contributed by atoms with van der Waals surface area (Å²) in [5, 5.41) is 13.3. The van der Waals surface area contributed by atoms with Gasteiger partial charge in [0, 0.05) is 17.8 Å². The second-order valence-electron chi connectivity index (χ2n) is 5.73. The quantitative estimate of drug-likeness (QED) is 0.537.